The lowest BCUT2D eigenvalue weighted by Crippen LogP contribution is -2.14. The highest BCUT2D eigenvalue weighted by Crippen LogP contribution is 2.20. The molecule has 2 N–H and O–H groups in total. The molecule has 6 nitrogen and oxygen atoms in total. The van der Waals surface area contributed by atoms with E-state index in [9.17, 15) is 14.7 Å². The molecule has 0 saturated heterocycles. The lowest BCUT2D eigenvalue weighted by molar-refractivity contribution is -0.115. The number of nitrogens with one attached hydrogen (secondary N) is 1. The molecule has 1 aromatic heterocycles. The second-order valence-electron chi connectivity index (χ2n) is 6.42. The minimum atomic E-state index is -0.618. The number of rotatable bonds is 6. The van der Waals surface area contributed by atoms with Gasteiger partial charge >= 0.3 is 5.97 Å². The van der Waals surface area contributed by atoms with E-state index in [1.165, 1.54) is 17.4 Å². The molecule has 0 atom stereocenters. The van der Waals surface area contributed by atoms with Crippen LogP contribution in [0.15, 0.2) is 47.8 Å². The van der Waals surface area contributed by atoms with E-state index in [0.717, 1.165) is 16.8 Å². The number of aryl methyl sites for hydroxylation is 2. The van der Waals surface area contributed by atoms with Crippen LogP contribution < -0.4 is 5.32 Å². The Morgan fingerprint density at radius 3 is 2.57 bits per heavy atom. The van der Waals surface area contributed by atoms with Crippen LogP contribution in [-0.2, 0) is 22.6 Å². The van der Waals surface area contributed by atoms with Gasteiger partial charge in [0.15, 0.2) is 0 Å². The van der Waals surface area contributed by atoms with Crippen molar-refractivity contribution >= 4 is 28.9 Å². The van der Waals surface area contributed by atoms with Gasteiger partial charge in [-0.1, -0.05) is 29.3 Å². The first-order valence-electron chi connectivity index (χ1n) is 8.67. The number of amides is 1. The fraction of sp³-hybridized carbons (Fsp3) is 0.190. The summed E-state index contributed by atoms with van der Waals surface area (Å²) in [7, 11) is 0. The number of benzene rings is 2. The molecule has 0 aliphatic rings. The summed E-state index contributed by atoms with van der Waals surface area (Å²) < 4.78 is 5.22. The number of aromatic hydroxyl groups is 1. The molecule has 0 aliphatic carbocycles. The quantitative estimate of drug-likeness (QED) is 0.615. The van der Waals surface area contributed by atoms with Crippen LogP contribution in [0.25, 0.3) is 0 Å². The molecule has 0 spiro atoms. The number of hydrogen-bond acceptors (Lipinski definition) is 6. The van der Waals surface area contributed by atoms with E-state index in [2.05, 4.69) is 10.3 Å². The summed E-state index contributed by atoms with van der Waals surface area (Å²) in [5.74, 6) is -0.901. The van der Waals surface area contributed by atoms with Crippen LogP contribution in [0.3, 0.4) is 0 Å². The van der Waals surface area contributed by atoms with Crippen LogP contribution in [0, 0.1) is 13.8 Å². The molecular weight excluding hydrogens is 376 g/mol. The zero-order chi connectivity index (χ0) is 20.1. The molecule has 3 aromatic rings. The first-order valence-corrected chi connectivity index (χ1v) is 9.55. The van der Waals surface area contributed by atoms with E-state index in [-0.39, 0.29) is 30.2 Å². The average molecular weight is 396 g/mol. The highest BCUT2D eigenvalue weighted by Gasteiger charge is 2.14. The largest absolute Gasteiger partial charge is 0.507 e. The molecule has 0 radical (unpaired) electrons. The molecule has 1 heterocycles. The monoisotopic (exact) mass is 396 g/mol. The molecule has 1 amide bonds. The van der Waals surface area contributed by atoms with Gasteiger partial charge in [-0.15, -0.1) is 11.3 Å². The summed E-state index contributed by atoms with van der Waals surface area (Å²) in [5, 5.41) is 15.0. The van der Waals surface area contributed by atoms with E-state index in [0.29, 0.717) is 10.7 Å². The Bertz CT molecular complexity index is 996. The standard InChI is InChI=1S/C21H20N2O4S/c1-13-3-6-15(7-4-13)22-19(25)10-20-23-16(12-28-20)11-27-21(26)17-9-14(2)5-8-18(17)24/h3-9,12,24H,10-11H2,1-2H3,(H,22,25). The normalized spacial score (nSPS) is 10.5. The smallest absolute Gasteiger partial charge is 0.342 e. The van der Waals surface area contributed by atoms with Gasteiger partial charge in [-0.3, -0.25) is 4.79 Å². The van der Waals surface area contributed by atoms with Crippen LogP contribution in [0.2, 0.25) is 0 Å². The fourth-order valence-corrected chi connectivity index (χ4v) is 3.28. The second-order valence-corrected chi connectivity index (χ2v) is 7.36. The summed E-state index contributed by atoms with van der Waals surface area (Å²) in [6.07, 6.45) is 0.144. The van der Waals surface area contributed by atoms with Gasteiger partial charge in [-0.25, -0.2) is 9.78 Å². The number of carbonyl (C=O) groups is 2. The molecule has 0 unspecified atom stereocenters. The molecule has 28 heavy (non-hydrogen) atoms. The number of ether oxygens (including phenoxy) is 1. The summed E-state index contributed by atoms with van der Waals surface area (Å²) in [4.78, 5) is 28.6. The van der Waals surface area contributed by atoms with Gasteiger partial charge in [0.25, 0.3) is 0 Å². The Labute approximate surface area is 166 Å². The minimum absolute atomic E-state index is 0.0255. The maximum absolute atomic E-state index is 12.1. The summed E-state index contributed by atoms with van der Waals surface area (Å²) >= 11 is 1.33. The van der Waals surface area contributed by atoms with Crippen LogP contribution in [0.4, 0.5) is 5.69 Å². The summed E-state index contributed by atoms with van der Waals surface area (Å²) in [6, 6.07) is 12.3. The third-order valence-corrected chi connectivity index (χ3v) is 4.87. The van der Waals surface area contributed by atoms with E-state index >= 15 is 0 Å². The number of carbonyl (C=O) groups excluding carboxylic acids is 2. The van der Waals surface area contributed by atoms with Crippen molar-refractivity contribution < 1.29 is 19.4 Å². The van der Waals surface area contributed by atoms with E-state index in [1.807, 2.05) is 38.1 Å². The van der Waals surface area contributed by atoms with Gasteiger partial charge in [-0.2, -0.15) is 0 Å². The molecule has 7 heteroatoms. The molecule has 0 bridgehead atoms. The number of anilines is 1. The lowest BCUT2D eigenvalue weighted by Gasteiger charge is -2.06. The first kappa shape index (κ1) is 19.6. The number of esters is 1. The van der Waals surface area contributed by atoms with Crippen molar-refractivity contribution in [1.29, 1.82) is 0 Å². The van der Waals surface area contributed by atoms with E-state index in [4.69, 9.17) is 4.74 Å². The van der Waals surface area contributed by atoms with Crippen LogP contribution in [-0.4, -0.2) is 22.0 Å². The molecule has 0 aliphatic heterocycles. The third kappa shape index (κ3) is 5.17. The van der Waals surface area contributed by atoms with Gasteiger partial charge < -0.3 is 15.2 Å². The number of phenols is 1. The van der Waals surface area contributed by atoms with Crippen LogP contribution in [0.1, 0.15) is 32.2 Å². The zero-order valence-electron chi connectivity index (χ0n) is 15.6. The second kappa shape index (κ2) is 8.67. The van der Waals surface area contributed by atoms with E-state index < -0.39 is 5.97 Å². The maximum Gasteiger partial charge on any atom is 0.342 e. The van der Waals surface area contributed by atoms with Crippen molar-refractivity contribution in [3.05, 3.63) is 75.2 Å². The predicted molar refractivity (Wildman–Crippen MR) is 108 cm³/mol. The Hall–Kier alpha value is -3.19. The Balaban J connectivity index is 1.53. The van der Waals surface area contributed by atoms with Crippen molar-refractivity contribution in [3.63, 3.8) is 0 Å². The predicted octanol–water partition coefficient (Wildman–Crippen LogP) is 4.00. The minimum Gasteiger partial charge on any atom is -0.507 e. The number of phenolic OH excluding ortho intramolecular Hbond substituents is 1. The number of hydrogen-bond donors (Lipinski definition) is 2. The topological polar surface area (TPSA) is 88.5 Å². The highest BCUT2D eigenvalue weighted by molar-refractivity contribution is 7.09. The molecule has 0 fully saturated rings. The van der Waals surface area contributed by atoms with Gasteiger partial charge in [-0.05, 0) is 38.1 Å². The Morgan fingerprint density at radius 2 is 1.82 bits per heavy atom. The van der Waals surface area contributed by atoms with Crippen molar-refractivity contribution in [2.75, 3.05) is 5.32 Å². The molecular formula is C21H20N2O4S. The Kier molecular flexibility index (Phi) is 6.06. The van der Waals surface area contributed by atoms with Crippen molar-refractivity contribution in [2.45, 2.75) is 26.9 Å². The fourth-order valence-electron chi connectivity index (χ4n) is 2.51. The number of aromatic nitrogens is 1. The molecule has 2 aromatic carbocycles. The van der Waals surface area contributed by atoms with Crippen LogP contribution >= 0.6 is 11.3 Å². The Morgan fingerprint density at radius 1 is 1.11 bits per heavy atom. The summed E-state index contributed by atoms with van der Waals surface area (Å²) in [5.41, 5.74) is 3.38. The van der Waals surface area contributed by atoms with Gasteiger partial charge in [0.2, 0.25) is 5.91 Å². The van der Waals surface area contributed by atoms with Gasteiger partial charge in [0.05, 0.1) is 12.1 Å². The SMILES string of the molecule is Cc1ccc(NC(=O)Cc2nc(COC(=O)c3cc(C)ccc3O)cs2)cc1. The van der Waals surface area contributed by atoms with Crippen molar-refractivity contribution in [3.8, 4) is 5.75 Å². The first-order chi connectivity index (χ1) is 13.4. The molecule has 144 valence electrons. The van der Waals surface area contributed by atoms with Gasteiger partial charge in [0.1, 0.15) is 22.9 Å². The van der Waals surface area contributed by atoms with Crippen molar-refractivity contribution in [2.24, 2.45) is 0 Å². The highest BCUT2D eigenvalue weighted by atomic mass is 32.1. The third-order valence-electron chi connectivity index (χ3n) is 3.97. The zero-order valence-corrected chi connectivity index (χ0v) is 16.4. The molecule has 0 saturated carbocycles. The van der Waals surface area contributed by atoms with Crippen LogP contribution in [0.5, 0.6) is 5.75 Å². The number of thiazole rings is 1. The number of nitrogens with zero attached hydrogens (tertiary/aromatic N) is 1. The van der Waals surface area contributed by atoms with Gasteiger partial charge in [0, 0.05) is 11.1 Å². The summed E-state index contributed by atoms with van der Waals surface area (Å²) in [6.45, 7) is 3.78. The average Bonchev–Trinajstić information content (AvgIpc) is 3.11. The van der Waals surface area contributed by atoms with E-state index in [1.54, 1.807) is 17.5 Å². The molecule has 3 rings (SSSR count). The van der Waals surface area contributed by atoms with Crippen molar-refractivity contribution in [1.82, 2.24) is 4.98 Å². The maximum atomic E-state index is 12.1. The lowest BCUT2D eigenvalue weighted by atomic mass is 10.1.